The van der Waals surface area contributed by atoms with Crippen molar-refractivity contribution in [3.63, 3.8) is 0 Å². The Morgan fingerprint density at radius 3 is 2.93 bits per heavy atom. The Bertz CT molecular complexity index is 318. The topological polar surface area (TPSA) is 65.2 Å². The van der Waals surface area contributed by atoms with E-state index in [1.165, 1.54) is 18.9 Å². The second kappa shape index (κ2) is 5.35. The molecule has 1 heterocycles. The van der Waals surface area contributed by atoms with Crippen LogP contribution >= 0.6 is 27.7 Å². The summed E-state index contributed by atoms with van der Waals surface area (Å²) in [4.78, 5) is 10.6. The number of rotatable bonds is 4. The van der Waals surface area contributed by atoms with Crippen molar-refractivity contribution >= 4 is 33.7 Å². The zero-order chi connectivity index (χ0) is 10.6. The highest BCUT2D eigenvalue weighted by Gasteiger charge is 2.16. The van der Waals surface area contributed by atoms with E-state index in [1.54, 1.807) is 6.92 Å². The molecule has 0 N–H and O–H groups in total. The lowest BCUT2D eigenvalue weighted by Crippen LogP contribution is -2.17. The number of nitrogens with zero attached hydrogens (tertiary/aromatic N) is 2. The van der Waals surface area contributed by atoms with Crippen LogP contribution in [-0.2, 0) is 9.53 Å². The summed E-state index contributed by atoms with van der Waals surface area (Å²) in [5.41, 5.74) is 0. The largest absolute Gasteiger partial charge is 0.468 e. The molecule has 1 atom stereocenters. The molecule has 0 aliphatic rings. The molecule has 1 aromatic heterocycles. The van der Waals surface area contributed by atoms with Crippen molar-refractivity contribution in [3.8, 4) is 0 Å². The van der Waals surface area contributed by atoms with Gasteiger partial charge >= 0.3 is 5.97 Å². The van der Waals surface area contributed by atoms with Gasteiger partial charge in [0.05, 0.1) is 7.11 Å². The molecular weight excluding hydrogens is 272 g/mol. The molecule has 1 rings (SSSR count). The number of hydrogen-bond donors (Lipinski definition) is 0. The van der Waals surface area contributed by atoms with Gasteiger partial charge in [0, 0.05) is 12.7 Å². The number of hydrogen-bond acceptors (Lipinski definition) is 6. The number of halogens is 1. The molecule has 78 valence electrons. The van der Waals surface area contributed by atoms with E-state index >= 15 is 0 Å². The van der Waals surface area contributed by atoms with Crippen LogP contribution < -0.4 is 0 Å². The summed E-state index contributed by atoms with van der Waals surface area (Å²) >= 11 is 4.49. The highest BCUT2D eigenvalue weighted by atomic mass is 79.9. The third-order valence-corrected chi connectivity index (χ3v) is 3.36. The van der Waals surface area contributed by atoms with Crippen molar-refractivity contribution in [1.29, 1.82) is 0 Å². The van der Waals surface area contributed by atoms with Gasteiger partial charge in [0.25, 0.3) is 5.22 Å². The molecule has 1 aromatic rings. The van der Waals surface area contributed by atoms with Gasteiger partial charge in [-0.3, -0.25) is 4.79 Å². The number of thioether (sulfide) groups is 1. The van der Waals surface area contributed by atoms with E-state index in [1.807, 2.05) is 0 Å². The lowest BCUT2D eigenvalue weighted by atomic mass is 10.5. The number of carbonyl (C=O) groups excluding carboxylic acids is 1. The average molecular weight is 281 g/mol. The maximum absolute atomic E-state index is 11.0. The van der Waals surface area contributed by atoms with Crippen molar-refractivity contribution in [2.24, 2.45) is 0 Å². The minimum atomic E-state index is -0.357. The van der Waals surface area contributed by atoms with Gasteiger partial charge in [-0.2, -0.15) is 0 Å². The van der Waals surface area contributed by atoms with Crippen LogP contribution in [0.3, 0.4) is 0 Å². The van der Waals surface area contributed by atoms with E-state index in [9.17, 15) is 4.79 Å². The first kappa shape index (κ1) is 11.5. The third-order valence-electron chi connectivity index (χ3n) is 1.32. The zero-order valence-electron chi connectivity index (χ0n) is 7.69. The first-order valence-corrected chi connectivity index (χ1v) is 5.68. The summed E-state index contributed by atoms with van der Waals surface area (Å²) < 4.78 is 9.65. The molecule has 0 spiro atoms. The lowest BCUT2D eigenvalue weighted by Gasteiger charge is -2.03. The fourth-order valence-corrected chi connectivity index (χ4v) is 1.96. The van der Waals surface area contributed by atoms with Gasteiger partial charge in [-0.1, -0.05) is 27.7 Å². The van der Waals surface area contributed by atoms with E-state index in [0.717, 1.165) is 0 Å². The predicted molar refractivity (Wildman–Crippen MR) is 54.5 cm³/mol. The summed E-state index contributed by atoms with van der Waals surface area (Å²) in [6, 6.07) is 0. The van der Waals surface area contributed by atoms with Gasteiger partial charge < -0.3 is 9.15 Å². The standard InChI is InChI=1S/C7H9BrN2O3S/c1-4-9-10-7(13-4)14-3-5(8)6(11)12-2/h5H,3H2,1-2H3. The Morgan fingerprint density at radius 2 is 2.43 bits per heavy atom. The number of alkyl halides is 1. The first-order chi connectivity index (χ1) is 6.63. The molecule has 0 radical (unpaired) electrons. The molecule has 0 fully saturated rings. The molecule has 0 saturated carbocycles. The normalized spacial score (nSPS) is 12.5. The molecule has 0 saturated heterocycles. The fraction of sp³-hybridized carbons (Fsp3) is 0.571. The van der Waals surface area contributed by atoms with Crippen LogP contribution in [-0.4, -0.2) is 33.9 Å². The lowest BCUT2D eigenvalue weighted by molar-refractivity contribution is -0.139. The molecule has 0 aliphatic heterocycles. The maximum Gasteiger partial charge on any atom is 0.320 e. The van der Waals surface area contributed by atoms with Gasteiger partial charge in [-0.25, -0.2) is 0 Å². The number of ether oxygens (including phenoxy) is 1. The van der Waals surface area contributed by atoms with Crippen molar-refractivity contribution in [2.75, 3.05) is 12.9 Å². The van der Waals surface area contributed by atoms with Crippen LogP contribution in [0.2, 0.25) is 0 Å². The van der Waals surface area contributed by atoms with Crippen LogP contribution in [0.1, 0.15) is 5.89 Å². The quantitative estimate of drug-likeness (QED) is 0.472. The molecule has 7 heteroatoms. The highest BCUT2D eigenvalue weighted by Crippen LogP contribution is 2.19. The van der Waals surface area contributed by atoms with E-state index in [0.29, 0.717) is 16.9 Å². The summed E-state index contributed by atoms with van der Waals surface area (Å²) in [6.07, 6.45) is 0. The highest BCUT2D eigenvalue weighted by molar-refractivity contribution is 9.10. The number of aromatic nitrogens is 2. The van der Waals surface area contributed by atoms with Gasteiger partial charge in [0.15, 0.2) is 0 Å². The molecule has 0 bridgehead atoms. The van der Waals surface area contributed by atoms with E-state index in [2.05, 4.69) is 30.9 Å². The van der Waals surface area contributed by atoms with Crippen LogP contribution in [0.4, 0.5) is 0 Å². The molecule has 14 heavy (non-hydrogen) atoms. The Labute approximate surface area is 93.7 Å². The monoisotopic (exact) mass is 280 g/mol. The Morgan fingerprint density at radius 1 is 1.71 bits per heavy atom. The van der Waals surface area contributed by atoms with Crippen molar-refractivity contribution in [2.45, 2.75) is 17.0 Å². The summed E-state index contributed by atoms with van der Waals surface area (Å²) in [5, 5.41) is 7.89. The minimum absolute atomic E-state index is 0.311. The molecule has 0 aromatic carbocycles. The van der Waals surface area contributed by atoms with Gasteiger partial charge in [-0.15, -0.1) is 10.2 Å². The van der Waals surface area contributed by atoms with Crippen molar-refractivity contribution in [1.82, 2.24) is 10.2 Å². The second-order valence-corrected chi connectivity index (χ2v) is 4.47. The number of esters is 1. The third kappa shape index (κ3) is 3.30. The molecule has 1 unspecified atom stereocenters. The summed E-state index contributed by atoms with van der Waals surface area (Å²) in [5.74, 6) is 0.694. The molecule has 0 amide bonds. The minimum Gasteiger partial charge on any atom is -0.468 e. The van der Waals surface area contributed by atoms with Crippen LogP contribution in [0.5, 0.6) is 0 Å². The van der Waals surface area contributed by atoms with Gasteiger partial charge in [0.1, 0.15) is 4.83 Å². The maximum atomic E-state index is 11.0. The van der Waals surface area contributed by atoms with Gasteiger partial charge in [0.2, 0.25) is 5.89 Å². The summed E-state index contributed by atoms with van der Waals surface area (Å²) in [6.45, 7) is 1.71. The van der Waals surface area contributed by atoms with E-state index in [4.69, 9.17) is 4.42 Å². The first-order valence-electron chi connectivity index (χ1n) is 3.78. The molecule has 0 aliphatic carbocycles. The fourth-order valence-electron chi connectivity index (χ4n) is 0.677. The number of carbonyl (C=O) groups is 1. The van der Waals surface area contributed by atoms with Crippen molar-refractivity contribution in [3.05, 3.63) is 5.89 Å². The second-order valence-electron chi connectivity index (χ2n) is 2.39. The zero-order valence-corrected chi connectivity index (χ0v) is 10.1. The van der Waals surface area contributed by atoms with Crippen LogP contribution in [0, 0.1) is 6.92 Å². The van der Waals surface area contributed by atoms with E-state index < -0.39 is 0 Å². The van der Waals surface area contributed by atoms with Gasteiger partial charge in [-0.05, 0) is 0 Å². The molecule has 5 nitrogen and oxygen atoms in total. The Hall–Kier alpha value is -0.560. The Balaban J connectivity index is 2.37. The summed E-state index contributed by atoms with van der Waals surface area (Å²) in [7, 11) is 1.35. The number of methoxy groups -OCH3 is 1. The van der Waals surface area contributed by atoms with Crippen molar-refractivity contribution < 1.29 is 13.9 Å². The van der Waals surface area contributed by atoms with Crippen LogP contribution in [0.15, 0.2) is 9.64 Å². The van der Waals surface area contributed by atoms with Crippen LogP contribution in [0.25, 0.3) is 0 Å². The predicted octanol–water partition coefficient (Wildman–Crippen LogP) is 1.41. The molecular formula is C7H9BrN2O3S. The Kier molecular flexibility index (Phi) is 4.40. The smallest absolute Gasteiger partial charge is 0.320 e. The average Bonchev–Trinajstić information content (AvgIpc) is 2.59. The number of aryl methyl sites for hydroxylation is 1. The van der Waals surface area contributed by atoms with E-state index in [-0.39, 0.29) is 10.8 Å². The SMILES string of the molecule is COC(=O)C(Br)CSc1nnc(C)o1.